The van der Waals surface area contributed by atoms with E-state index in [4.69, 9.17) is 0 Å². The van der Waals surface area contributed by atoms with Gasteiger partial charge in [-0.3, -0.25) is 9.59 Å². The second kappa shape index (κ2) is 6.80. The Hall–Kier alpha value is -3.40. The molecule has 3 aromatic carbocycles. The van der Waals surface area contributed by atoms with Gasteiger partial charge in [0.2, 0.25) is 5.91 Å². The van der Waals surface area contributed by atoms with E-state index in [0.29, 0.717) is 25.8 Å². The fourth-order valence-electron chi connectivity index (χ4n) is 6.63. The van der Waals surface area contributed by atoms with Crippen LogP contribution in [0, 0.1) is 0 Å². The largest absolute Gasteiger partial charge is 0.338 e. The minimum Gasteiger partial charge on any atom is -0.338 e. The molecule has 32 heavy (non-hydrogen) atoms. The van der Waals surface area contributed by atoms with Gasteiger partial charge in [-0.1, -0.05) is 91.0 Å². The molecule has 4 heterocycles. The highest BCUT2D eigenvalue weighted by Gasteiger charge is 2.75. The maximum Gasteiger partial charge on any atom is 0.250 e. The van der Waals surface area contributed by atoms with Crippen molar-refractivity contribution in [3.63, 3.8) is 0 Å². The first kappa shape index (κ1) is 19.3. The van der Waals surface area contributed by atoms with Gasteiger partial charge in [0.1, 0.15) is 11.1 Å². The van der Waals surface area contributed by atoms with Crippen LogP contribution in [0.3, 0.4) is 0 Å². The van der Waals surface area contributed by atoms with Crippen LogP contribution in [0.25, 0.3) is 0 Å². The zero-order valence-electron chi connectivity index (χ0n) is 18.0. The lowest BCUT2D eigenvalue weighted by atomic mass is 9.49. The summed E-state index contributed by atoms with van der Waals surface area (Å²) >= 11 is 0. The van der Waals surface area contributed by atoms with Gasteiger partial charge in [-0.15, -0.1) is 0 Å². The summed E-state index contributed by atoms with van der Waals surface area (Å²) in [4.78, 5) is 30.0. The van der Waals surface area contributed by atoms with E-state index in [1.165, 1.54) is 0 Å². The summed E-state index contributed by atoms with van der Waals surface area (Å²) in [5, 5.41) is 3.35. The molecule has 1 spiro atoms. The molecule has 160 valence electrons. The van der Waals surface area contributed by atoms with Crippen molar-refractivity contribution in [3.05, 3.63) is 108 Å². The molecule has 2 atom stereocenters. The first-order valence-corrected chi connectivity index (χ1v) is 11.4. The van der Waals surface area contributed by atoms with Crippen LogP contribution < -0.4 is 5.32 Å². The number of nitrogens with one attached hydrogen (secondary N) is 1. The number of amides is 2. The maximum absolute atomic E-state index is 14.4. The van der Waals surface area contributed by atoms with Crippen LogP contribution >= 0.6 is 0 Å². The van der Waals surface area contributed by atoms with Gasteiger partial charge in [-0.05, 0) is 36.0 Å². The summed E-state index contributed by atoms with van der Waals surface area (Å²) < 4.78 is 0. The molecule has 2 bridgehead atoms. The molecule has 0 radical (unpaired) electrons. The Labute approximate surface area is 188 Å². The molecule has 0 aromatic heterocycles. The molecule has 1 N–H and O–H groups in total. The second-order valence-corrected chi connectivity index (χ2v) is 9.43. The molecule has 0 unspecified atom stereocenters. The Bertz CT molecular complexity index is 1140. The quantitative estimate of drug-likeness (QED) is 0.694. The number of hydrogen-bond acceptors (Lipinski definition) is 2. The number of carbonyl (C=O) groups is 2. The van der Waals surface area contributed by atoms with E-state index in [9.17, 15) is 9.59 Å². The molecule has 0 saturated carbocycles. The Morgan fingerprint density at radius 3 is 1.94 bits per heavy atom. The number of fused-ring (bicyclic) bond motifs is 2. The minimum atomic E-state index is -1.08. The number of rotatable bonds is 4. The van der Waals surface area contributed by atoms with Gasteiger partial charge in [0, 0.05) is 13.0 Å². The average Bonchev–Trinajstić information content (AvgIpc) is 3.28. The fourth-order valence-corrected chi connectivity index (χ4v) is 6.63. The number of hydrogen-bond donors (Lipinski definition) is 1. The van der Waals surface area contributed by atoms with Gasteiger partial charge >= 0.3 is 0 Å². The fraction of sp³-hybridized carbons (Fsp3) is 0.286. The lowest BCUT2D eigenvalue weighted by molar-refractivity contribution is -0.175. The third-order valence-corrected chi connectivity index (χ3v) is 7.98. The molecule has 4 fully saturated rings. The van der Waals surface area contributed by atoms with Crippen molar-refractivity contribution in [3.8, 4) is 0 Å². The molecule has 7 rings (SSSR count). The molecule has 2 amide bonds. The number of nitrogens with zero attached hydrogens (tertiary/aromatic N) is 1. The Kier molecular flexibility index (Phi) is 4.10. The zero-order valence-corrected chi connectivity index (χ0v) is 18.0. The predicted molar refractivity (Wildman–Crippen MR) is 123 cm³/mol. The standard InChI is InChI=1S/C28H26N2O2/c31-24-26-17-10-18-30(26)25(32)28(29-24,19-21-11-4-1-5-12-21)27(20-26,22-13-6-2-7-14-22)23-15-8-3-9-16-23/h1-9,11-16H,10,17-20H2,(H,29,31)/t26-,28-/m0/s1. The van der Waals surface area contributed by atoms with E-state index < -0.39 is 16.5 Å². The van der Waals surface area contributed by atoms with Gasteiger partial charge in [0.25, 0.3) is 5.91 Å². The highest BCUT2D eigenvalue weighted by atomic mass is 16.2. The van der Waals surface area contributed by atoms with Crippen LogP contribution in [0.1, 0.15) is 36.0 Å². The first-order chi connectivity index (χ1) is 15.6. The van der Waals surface area contributed by atoms with Gasteiger partial charge in [-0.2, -0.15) is 0 Å². The Balaban J connectivity index is 1.68. The minimum absolute atomic E-state index is 0.00742. The maximum atomic E-state index is 14.4. The average molecular weight is 423 g/mol. The molecular weight excluding hydrogens is 396 g/mol. The predicted octanol–water partition coefficient (Wildman–Crippen LogP) is 3.85. The van der Waals surface area contributed by atoms with E-state index in [2.05, 4.69) is 41.7 Å². The van der Waals surface area contributed by atoms with Gasteiger partial charge < -0.3 is 10.2 Å². The monoisotopic (exact) mass is 422 g/mol. The highest BCUT2D eigenvalue weighted by Crippen LogP contribution is 2.59. The molecule has 4 saturated heterocycles. The van der Waals surface area contributed by atoms with Gasteiger partial charge in [0.05, 0.1) is 5.41 Å². The van der Waals surface area contributed by atoms with Crippen molar-refractivity contribution in [2.75, 3.05) is 6.54 Å². The molecule has 4 aliphatic heterocycles. The van der Waals surface area contributed by atoms with Gasteiger partial charge in [-0.25, -0.2) is 0 Å². The summed E-state index contributed by atoms with van der Waals surface area (Å²) in [6.07, 6.45) is 2.64. The van der Waals surface area contributed by atoms with Crippen molar-refractivity contribution < 1.29 is 9.59 Å². The second-order valence-electron chi connectivity index (χ2n) is 9.43. The SMILES string of the molecule is O=C1N[C@@]2(Cc3ccccc3)C(=O)N3CCC[C@]13CC2(c1ccccc1)c1ccccc1. The van der Waals surface area contributed by atoms with Crippen molar-refractivity contribution >= 4 is 11.8 Å². The lowest BCUT2D eigenvalue weighted by Crippen LogP contribution is -2.86. The van der Waals surface area contributed by atoms with E-state index in [0.717, 1.165) is 23.1 Å². The third kappa shape index (κ3) is 2.32. The van der Waals surface area contributed by atoms with Crippen LogP contribution in [0.5, 0.6) is 0 Å². The summed E-state index contributed by atoms with van der Waals surface area (Å²) in [5.74, 6) is 0.0606. The topological polar surface area (TPSA) is 49.4 Å². The van der Waals surface area contributed by atoms with E-state index in [1.54, 1.807) is 0 Å². The molecule has 4 aliphatic rings. The summed E-state index contributed by atoms with van der Waals surface area (Å²) in [6, 6.07) is 30.7. The van der Waals surface area contributed by atoms with Crippen molar-refractivity contribution in [1.29, 1.82) is 0 Å². The molecule has 4 heteroatoms. The zero-order chi connectivity index (χ0) is 21.8. The van der Waals surface area contributed by atoms with Crippen LogP contribution in [0.15, 0.2) is 91.0 Å². The van der Waals surface area contributed by atoms with Crippen LogP contribution in [-0.2, 0) is 21.4 Å². The normalized spacial score (nSPS) is 27.8. The summed E-state index contributed by atoms with van der Waals surface area (Å²) in [6.45, 7) is 0.655. The number of piperidine rings is 2. The van der Waals surface area contributed by atoms with Crippen molar-refractivity contribution in [2.24, 2.45) is 0 Å². The third-order valence-electron chi connectivity index (χ3n) is 7.98. The van der Waals surface area contributed by atoms with E-state index in [1.807, 2.05) is 59.5 Å². The van der Waals surface area contributed by atoms with E-state index in [-0.39, 0.29) is 11.8 Å². The lowest BCUT2D eigenvalue weighted by Gasteiger charge is -2.65. The Morgan fingerprint density at radius 1 is 0.781 bits per heavy atom. The van der Waals surface area contributed by atoms with Crippen molar-refractivity contribution in [2.45, 2.75) is 42.2 Å². The van der Waals surface area contributed by atoms with E-state index >= 15 is 0 Å². The molecule has 0 aliphatic carbocycles. The summed E-state index contributed by atoms with van der Waals surface area (Å²) in [7, 11) is 0. The smallest absolute Gasteiger partial charge is 0.250 e. The number of piperazine rings is 1. The highest BCUT2D eigenvalue weighted by molar-refractivity contribution is 6.07. The molecular formula is C28H26N2O2. The molecule has 3 aromatic rings. The van der Waals surface area contributed by atoms with Crippen LogP contribution in [0.2, 0.25) is 0 Å². The van der Waals surface area contributed by atoms with Crippen LogP contribution in [0.4, 0.5) is 0 Å². The molecule has 4 nitrogen and oxygen atoms in total. The van der Waals surface area contributed by atoms with Crippen molar-refractivity contribution in [1.82, 2.24) is 10.2 Å². The number of benzene rings is 3. The Morgan fingerprint density at radius 2 is 1.34 bits per heavy atom. The van der Waals surface area contributed by atoms with Gasteiger partial charge in [0.15, 0.2) is 0 Å². The number of carbonyl (C=O) groups excluding carboxylic acids is 2. The first-order valence-electron chi connectivity index (χ1n) is 11.4. The summed E-state index contributed by atoms with van der Waals surface area (Å²) in [5.41, 5.74) is 0.701. The van der Waals surface area contributed by atoms with Crippen LogP contribution in [-0.4, -0.2) is 34.3 Å².